The van der Waals surface area contributed by atoms with Crippen LogP contribution in [-0.4, -0.2) is 31.6 Å². The Hall–Kier alpha value is -4.34. The number of amides is 2. The number of nitrogens with zero attached hydrogens (tertiary/aromatic N) is 3. The number of hydrazine groups is 1. The van der Waals surface area contributed by atoms with Crippen molar-refractivity contribution in [2.24, 2.45) is 0 Å². The van der Waals surface area contributed by atoms with Gasteiger partial charge in [-0.3, -0.25) is 29.8 Å². The lowest BCUT2D eigenvalue weighted by Gasteiger charge is -2.10. The summed E-state index contributed by atoms with van der Waals surface area (Å²) in [6, 6.07) is 12.0. The second-order valence-corrected chi connectivity index (χ2v) is 5.98. The van der Waals surface area contributed by atoms with Gasteiger partial charge in [0.15, 0.2) is 5.69 Å². The monoisotopic (exact) mass is 392 g/mol. The number of aromatic nitrogens is 4. The van der Waals surface area contributed by atoms with E-state index in [2.05, 4.69) is 26.0 Å². The van der Waals surface area contributed by atoms with Crippen molar-refractivity contribution in [3.63, 3.8) is 0 Å². The van der Waals surface area contributed by atoms with Crippen molar-refractivity contribution in [2.75, 3.05) is 0 Å². The predicted octanol–water partition coefficient (Wildman–Crippen LogP) is 1.32. The van der Waals surface area contributed by atoms with Crippen LogP contribution in [-0.2, 0) is 0 Å². The molecular weight excluding hydrogens is 379 g/mol. The largest absolute Gasteiger partial charge is 0.295 e. The molecule has 0 unspecified atom stereocenters. The Morgan fingerprint density at radius 2 is 1.66 bits per heavy atom. The summed E-state index contributed by atoms with van der Waals surface area (Å²) >= 11 is 0. The average Bonchev–Trinajstić information content (AvgIpc) is 3.23. The summed E-state index contributed by atoms with van der Waals surface area (Å²) in [5.41, 5.74) is 4.71. The first-order chi connectivity index (χ1) is 14.0. The van der Waals surface area contributed by atoms with Gasteiger partial charge in [0.2, 0.25) is 0 Å². The number of imidazole rings is 1. The van der Waals surface area contributed by atoms with Crippen LogP contribution in [0.2, 0.25) is 0 Å². The molecule has 0 aliphatic heterocycles. The van der Waals surface area contributed by atoms with Crippen molar-refractivity contribution in [2.45, 2.75) is 0 Å². The van der Waals surface area contributed by atoms with E-state index < -0.39 is 23.2 Å². The second kappa shape index (κ2) is 7.35. The zero-order chi connectivity index (χ0) is 20.4. The first-order valence-electron chi connectivity index (χ1n) is 8.41. The third-order valence-corrected chi connectivity index (χ3v) is 4.18. The van der Waals surface area contributed by atoms with E-state index in [1.165, 1.54) is 41.4 Å². The summed E-state index contributed by atoms with van der Waals surface area (Å²) in [5.74, 6) is -1.76. The highest BCUT2D eigenvalue weighted by molar-refractivity contribution is 6.05. The van der Waals surface area contributed by atoms with Gasteiger partial charge >= 0.3 is 0 Å². The Labute approximate surface area is 162 Å². The molecule has 0 atom stereocenters. The Morgan fingerprint density at radius 1 is 0.966 bits per heavy atom. The molecule has 0 saturated carbocycles. The maximum Gasteiger partial charge on any atom is 0.290 e. The number of hydrogen-bond donors (Lipinski definition) is 3. The highest BCUT2D eigenvalue weighted by atomic mass is 19.1. The number of carbonyl (C=O) groups excluding carboxylic acids is 2. The molecule has 2 aromatic carbocycles. The molecule has 10 heteroatoms. The van der Waals surface area contributed by atoms with E-state index in [0.717, 1.165) is 0 Å². The van der Waals surface area contributed by atoms with Gasteiger partial charge in [-0.25, -0.2) is 14.5 Å². The molecule has 0 aliphatic rings. The van der Waals surface area contributed by atoms with Crippen LogP contribution in [0.3, 0.4) is 0 Å². The van der Waals surface area contributed by atoms with E-state index in [9.17, 15) is 18.8 Å². The number of H-pyrrole nitrogens is 1. The Morgan fingerprint density at radius 3 is 2.41 bits per heavy atom. The van der Waals surface area contributed by atoms with Crippen LogP contribution in [0.5, 0.6) is 0 Å². The number of aromatic amines is 1. The zero-order valence-electron chi connectivity index (χ0n) is 14.7. The van der Waals surface area contributed by atoms with E-state index >= 15 is 0 Å². The summed E-state index contributed by atoms with van der Waals surface area (Å²) in [6.07, 6.45) is 2.69. The van der Waals surface area contributed by atoms with Crippen LogP contribution < -0.4 is 16.4 Å². The van der Waals surface area contributed by atoms with Gasteiger partial charge in [0.1, 0.15) is 11.5 Å². The number of halogens is 1. The lowest BCUT2D eigenvalue weighted by atomic mass is 10.1. The lowest BCUT2D eigenvalue weighted by molar-refractivity contribution is 0.0840. The normalized spacial score (nSPS) is 10.7. The predicted molar refractivity (Wildman–Crippen MR) is 101 cm³/mol. The maximum absolute atomic E-state index is 13.1. The highest BCUT2D eigenvalue weighted by Crippen LogP contribution is 2.13. The number of carbonyl (C=O) groups is 2. The molecule has 144 valence electrons. The fraction of sp³-hybridized carbons (Fsp3) is 0. The van der Waals surface area contributed by atoms with Crippen molar-refractivity contribution in [1.29, 1.82) is 0 Å². The number of fused-ring (bicyclic) bond motifs is 1. The summed E-state index contributed by atoms with van der Waals surface area (Å²) in [5, 5.41) is 6.66. The van der Waals surface area contributed by atoms with E-state index in [0.29, 0.717) is 16.5 Å². The van der Waals surface area contributed by atoms with E-state index in [-0.39, 0.29) is 11.4 Å². The van der Waals surface area contributed by atoms with Gasteiger partial charge < -0.3 is 0 Å². The zero-order valence-corrected chi connectivity index (χ0v) is 14.7. The molecule has 2 heterocycles. The van der Waals surface area contributed by atoms with E-state index in [1.54, 1.807) is 24.3 Å². The highest BCUT2D eigenvalue weighted by Gasteiger charge is 2.17. The average molecular weight is 392 g/mol. The van der Waals surface area contributed by atoms with Crippen LogP contribution in [0.15, 0.2) is 65.8 Å². The van der Waals surface area contributed by atoms with Gasteiger partial charge in [-0.05, 0) is 30.3 Å². The SMILES string of the molecule is O=C(NNC(=O)c1cncn1-c1ccc(F)cc1)c1n[nH]c(=O)c2ccccc12. The quantitative estimate of drug-likeness (QED) is 0.454. The van der Waals surface area contributed by atoms with E-state index in [4.69, 9.17) is 0 Å². The summed E-state index contributed by atoms with van der Waals surface area (Å²) < 4.78 is 14.6. The maximum atomic E-state index is 13.1. The minimum Gasteiger partial charge on any atom is -0.295 e. The second-order valence-electron chi connectivity index (χ2n) is 5.98. The standard InChI is InChI=1S/C19H13FN6O3/c20-11-5-7-12(8-6-11)26-10-21-9-15(26)18(28)24-25-19(29)16-13-3-1-2-4-14(13)17(27)23-22-16/h1-10H,(H,23,27)(H,24,28)(H,25,29). The van der Waals surface area contributed by atoms with Crippen LogP contribution in [0.4, 0.5) is 4.39 Å². The van der Waals surface area contributed by atoms with Crippen molar-refractivity contribution in [3.8, 4) is 5.69 Å². The number of hydrogen-bond acceptors (Lipinski definition) is 5. The van der Waals surface area contributed by atoms with Gasteiger partial charge in [0.25, 0.3) is 17.4 Å². The first kappa shape index (κ1) is 18.0. The smallest absolute Gasteiger partial charge is 0.290 e. The van der Waals surface area contributed by atoms with Crippen LogP contribution >= 0.6 is 0 Å². The molecule has 0 saturated heterocycles. The number of nitrogens with one attached hydrogen (secondary N) is 3. The minimum absolute atomic E-state index is 0.0486. The molecule has 0 fully saturated rings. The van der Waals surface area contributed by atoms with Gasteiger partial charge in [0.05, 0.1) is 17.9 Å². The van der Waals surface area contributed by atoms with Crippen LogP contribution in [0, 0.1) is 5.82 Å². The number of benzene rings is 2. The van der Waals surface area contributed by atoms with Gasteiger partial charge in [-0.15, -0.1) is 0 Å². The van der Waals surface area contributed by atoms with Crippen molar-refractivity contribution in [3.05, 3.63) is 88.6 Å². The third kappa shape index (κ3) is 3.46. The molecule has 2 amide bonds. The molecule has 0 spiro atoms. The summed E-state index contributed by atoms with van der Waals surface area (Å²) in [4.78, 5) is 40.7. The fourth-order valence-electron chi connectivity index (χ4n) is 2.80. The Balaban J connectivity index is 1.54. The van der Waals surface area contributed by atoms with Crippen LogP contribution in [0.25, 0.3) is 16.5 Å². The van der Waals surface area contributed by atoms with E-state index in [1.807, 2.05) is 0 Å². The minimum atomic E-state index is -0.710. The number of rotatable bonds is 3. The Kier molecular flexibility index (Phi) is 4.57. The third-order valence-electron chi connectivity index (χ3n) is 4.18. The topological polar surface area (TPSA) is 122 Å². The lowest BCUT2D eigenvalue weighted by Crippen LogP contribution is -2.43. The fourth-order valence-corrected chi connectivity index (χ4v) is 2.80. The molecule has 2 aromatic heterocycles. The van der Waals surface area contributed by atoms with Crippen LogP contribution in [0.1, 0.15) is 21.0 Å². The van der Waals surface area contributed by atoms with Crippen molar-refractivity contribution < 1.29 is 14.0 Å². The Bertz CT molecular complexity index is 1280. The van der Waals surface area contributed by atoms with Gasteiger partial charge in [-0.2, -0.15) is 5.10 Å². The first-order valence-corrected chi connectivity index (χ1v) is 8.41. The molecule has 3 N–H and O–H groups in total. The van der Waals surface area contributed by atoms with Gasteiger partial charge in [0, 0.05) is 11.1 Å². The molecule has 9 nitrogen and oxygen atoms in total. The summed E-state index contributed by atoms with van der Waals surface area (Å²) in [7, 11) is 0. The van der Waals surface area contributed by atoms with Gasteiger partial charge in [-0.1, -0.05) is 18.2 Å². The molecular formula is C19H13FN6O3. The molecule has 4 aromatic rings. The molecule has 0 aliphatic carbocycles. The molecule has 4 rings (SSSR count). The molecule has 29 heavy (non-hydrogen) atoms. The molecule has 0 bridgehead atoms. The van der Waals surface area contributed by atoms with Crippen molar-refractivity contribution in [1.82, 2.24) is 30.6 Å². The summed E-state index contributed by atoms with van der Waals surface area (Å²) in [6.45, 7) is 0. The molecule has 0 radical (unpaired) electrons. The van der Waals surface area contributed by atoms with Crippen molar-refractivity contribution >= 4 is 22.6 Å².